The highest BCUT2D eigenvalue weighted by Gasteiger charge is 2.26. The maximum atomic E-state index is 15.2. The van der Waals surface area contributed by atoms with Crippen LogP contribution in [0.2, 0.25) is 0 Å². The molecule has 42 heavy (non-hydrogen) atoms. The number of ketones is 1. The van der Waals surface area contributed by atoms with E-state index in [2.05, 4.69) is 10.3 Å². The summed E-state index contributed by atoms with van der Waals surface area (Å²) >= 11 is 0. The van der Waals surface area contributed by atoms with E-state index in [1.54, 1.807) is 55.2 Å². The summed E-state index contributed by atoms with van der Waals surface area (Å²) in [6, 6.07) is 20.5. The van der Waals surface area contributed by atoms with Crippen LogP contribution in [0.25, 0.3) is 16.6 Å². The molecule has 2 aromatic heterocycles. The summed E-state index contributed by atoms with van der Waals surface area (Å²) < 4.78 is 35.4. The normalized spacial score (nSPS) is 14.8. The van der Waals surface area contributed by atoms with E-state index in [1.165, 1.54) is 16.8 Å². The van der Waals surface area contributed by atoms with Gasteiger partial charge in [0.15, 0.2) is 17.3 Å². The Morgan fingerprint density at radius 2 is 1.93 bits per heavy atom. The molecule has 1 N–H and O–H groups in total. The molecule has 10 heteroatoms. The first-order chi connectivity index (χ1) is 20.4. The average Bonchev–Trinajstić information content (AvgIpc) is 3.60. The van der Waals surface area contributed by atoms with Gasteiger partial charge in [0.25, 0.3) is 5.56 Å². The van der Waals surface area contributed by atoms with Crippen molar-refractivity contribution in [3.8, 4) is 22.9 Å². The van der Waals surface area contributed by atoms with Gasteiger partial charge in [0, 0.05) is 36.3 Å². The maximum Gasteiger partial charge on any atom is 0.282 e. The number of ether oxygens (including phenoxy) is 3. The molecule has 1 aliphatic rings. The molecule has 0 spiro atoms. The standard InChI is InChI=1S/C32H29FN4O5/c1-20-31(32(39)37(22-6-4-3-5-7-22)36(20)18-24-17-34-19-41-24)28(38)15-21-8-11-30(26(33)14-21)42-29-12-13-35-27-16-23(40-2)9-10-25(27)29/h3-14,16,24,34H,15,17-19H2,1-2H3. The third kappa shape index (κ3) is 5.29. The lowest BCUT2D eigenvalue weighted by Gasteiger charge is -2.16. The highest BCUT2D eigenvalue weighted by Crippen LogP contribution is 2.32. The highest BCUT2D eigenvalue weighted by atomic mass is 19.1. The number of carbonyl (C=O) groups is 1. The van der Waals surface area contributed by atoms with Gasteiger partial charge in [-0.2, -0.15) is 0 Å². The quantitative estimate of drug-likeness (QED) is 0.255. The Labute approximate surface area is 241 Å². The molecular weight excluding hydrogens is 539 g/mol. The predicted octanol–water partition coefficient (Wildman–Crippen LogP) is 4.81. The van der Waals surface area contributed by atoms with E-state index < -0.39 is 17.2 Å². The Kier molecular flexibility index (Phi) is 7.56. The number of para-hydroxylation sites is 1. The van der Waals surface area contributed by atoms with Crippen LogP contribution in [-0.2, 0) is 17.7 Å². The van der Waals surface area contributed by atoms with Crippen LogP contribution in [0.15, 0.2) is 83.8 Å². The summed E-state index contributed by atoms with van der Waals surface area (Å²) in [6.07, 6.45) is 1.29. The summed E-state index contributed by atoms with van der Waals surface area (Å²) in [7, 11) is 1.57. The first kappa shape index (κ1) is 27.4. The molecule has 0 radical (unpaired) electrons. The zero-order valence-corrected chi connectivity index (χ0v) is 23.2. The summed E-state index contributed by atoms with van der Waals surface area (Å²) in [4.78, 5) is 31.5. The van der Waals surface area contributed by atoms with E-state index in [-0.39, 0.29) is 23.8 Å². The minimum Gasteiger partial charge on any atom is -0.497 e. The van der Waals surface area contributed by atoms with Crippen molar-refractivity contribution in [3.63, 3.8) is 0 Å². The minimum absolute atomic E-state index is 0.00783. The van der Waals surface area contributed by atoms with Gasteiger partial charge >= 0.3 is 0 Å². The lowest BCUT2D eigenvalue weighted by Crippen LogP contribution is -2.28. The van der Waals surface area contributed by atoms with Crippen molar-refractivity contribution in [1.82, 2.24) is 19.7 Å². The lowest BCUT2D eigenvalue weighted by atomic mass is 10.0. The number of halogens is 1. The second-order valence-corrected chi connectivity index (χ2v) is 10.0. The third-order valence-electron chi connectivity index (χ3n) is 7.34. The van der Waals surface area contributed by atoms with Gasteiger partial charge in [-0.15, -0.1) is 0 Å². The Bertz CT molecular complexity index is 1830. The number of aromatic nitrogens is 3. The summed E-state index contributed by atoms with van der Waals surface area (Å²) in [6.45, 7) is 3.22. The number of carbonyl (C=O) groups excluding carboxylic acids is 1. The second-order valence-electron chi connectivity index (χ2n) is 10.0. The summed E-state index contributed by atoms with van der Waals surface area (Å²) in [5.74, 6) is 0.0743. The van der Waals surface area contributed by atoms with Gasteiger partial charge in [-0.1, -0.05) is 24.3 Å². The number of benzene rings is 3. The number of nitrogens with zero attached hydrogens (tertiary/aromatic N) is 3. The Hall–Kier alpha value is -4.80. The summed E-state index contributed by atoms with van der Waals surface area (Å²) in [5.41, 5.74) is 1.90. The van der Waals surface area contributed by atoms with Crippen LogP contribution in [0, 0.1) is 12.7 Å². The van der Waals surface area contributed by atoms with Gasteiger partial charge in [0.05, 0.1) is 37.7 Å². The van der Waals surface area contributed by atoms with Crippen LogP contribution in [0.1, 0.15) is 21.6 Å². The van der Waals surface area contributed by atoms with Gasteiger partial charge in [0.1, 0.15) is 17.1 Å². The zero-order valence-electron chi connectivity index (χ0n) is 23.2. The predicted molar refractivity (Wildman–Crippen MR) is 155 cm³/mol. The smallest absolute Gasteiger partial charge is 0.282 e. The molecule has 1 saturated heterocycles. The number of rotatable bonds is 9. The molecule has 1 fully saturated rings. The number of hydrogen-bond donors (Lipinski definition) is 1. The number of methoxy groups -OCH3 is 1. The van der Waals surface area contributed by atoms with Crippen LogP contribution in [0.3, 0.4) is 0 Å². The lowest BCUT2D eigenvalue weighted by molar-refractivity contribution is 0.0942. The maximum absolute atomic E-state index is 15.2. The molecule has 9 nitrogen and oxygen atoms in total. The van der Waals surface area contributed by atoms with Crippen LogP contribution < -0.4 is 20.3 Å². The van der Waals surface area contributed by atoms with Crippen molar-refractivity contribution >= 4 is 16.7 Å². The summed E-state index contributed by atoms with van der Waals surface area (Å²) in [5, 5.41) is 3.84. The molecule has 5 aromatic rings. The van der Waals surface area contributed by atoms with Crippen molar-refractivity contribution in [2.45, 2.75) is 26.0 Å². The SMILES string of the molecule is COc1ccc2c(Oc3ccc(CC(=O)c4c(C)n(CC5CNCO5)n(-c5ccccc5)c4=O)cc3F)ccnc2c1. The second kappa shape index (κ2) is 11.6. The fourth-order valence-corrected chi connectivity index (χ4v) is 5.23. The molecule has 6 rings (SSSR count). The van der Waals surface area contributed by atoms with E-state index in [1.807, 2.05) is 30.3 Å². The van der Waals surface area contributed by atoms with E-state index in [0.29, 0.717) is 59.2 Å². The molecule has 3 heterocycles. The number of hydrogen-bond acceptors (Lipinski definition) is 7. The molecule has 0 amide bonds. The monoisotopic (exact) mass is 568 g/mol. The molecule has 0 aliphatic carbocycles. The Morgan fingerprint density at radius 1 is 1.10 bits per heavy atom. The Morgan fingerprint density at radius 3 is 2.67 bits per heavy atom. The molecule has 0 saturated carbocycles. The van der Waals surface area contributed by atoms with Gasteiger partial charge in [0.2, 0.25) is 0 Å². The molecule has 0 bridgehead atoms. The molecule has 1 aliphatic heterocycles. The van der Waals surface area contributed by atoms with Crippen molar-refractivity contribution in [2.75, 3.05) is 20.4 Å². The van der Waals surface area contributed by atoms with Crippen LogP contribution in [-0.4, -0.2) is 46.6 Å². The van der Waals surface area contributed by atoms with Crippen molar-refractivity contribution in [2.24, 2.45) is 0 Å². The van der Waals surface area contributed by atoms with Crippen LogP contribution >= 0.6 is 0 Å². The first-order valence-corrected chi connectivity index (χ1v) is 13.6. The van der Waals surface area contributed by atoms with Crippen LogP contribution in [0.5, 0.6) is 17.2 Å². The van der Waals surface area contributed by atoms with E-state index in [4.69, 9.17) is 14.2 Å². The van der Waals surface area contributed by atoms with E-state index in [0.717, 1.165) is 0 Å². The topological polar surface area (TPSA) is 96.6 Å². The largest absolute Gasteiger partial charge is 0.497 e. The molecular formula is C32H29FN4O5. The molecule has 214 valence electrons. The molecule has 3 aromatic carbocycles. The molecule has 1 atom stereocenters. The molecule has 1 unspecified atom stereocenters. The van der Waals surface area contributed by atoms with E-state index in [9.17, 15) is 9.59 Å². The third-order valence-corrected chi connectivity index (χ3v) is 7.34. The van der Waals surface area contributed by atoms with Gasteiger partial charge in [-0.3, -0.25) is 24.6 Å². The highest BCUT2D eigenvalue weighted by molar-refractivity contribution is 5.98. The average molecular weight is 569 g/mol. The zero-order chi connectivity index (χ0) is 29.2. The van der Waals surface area contributed by atoms with Crippen molar-refractivity contribution < 1.29 is 23.4 Å². The Balaban J connectivity index is 1.27. The first-order valence-electron chi connectivity index (χ1n) is 13.6. The van der Waals surface area contributed by atoms with Crippen molar-refractivity contribution in [3.05, 3.63) is 112 Å². The number of fused-ring (bicyclic) bond motifs is 1. The van der Waals surface area contributed by atoms with Gasteiger partial charge < -0.3 is 14.2 Å². The van der Waals surface area contributed by atoms with E-state index >= 15 is 4.39 Å². The number of Topliss-reactive ketones (excluding diaryl/α,β-unsaturated/α-hetero) is 1. The van der Waals surface area contributed by atoms with Crippen LogP contribution in [0.4, 0.5) is 4.39 Å². The fraction of sp³-hybridized carbons (Fsp3) is 0.219. The fourth-order valence-electron chi connectivity index (χ4n) is 5.23. The number of nitrogens with one attached hydrogen (secondary N) is 1. The minimum atomic E-state index is -0.624. The van der Waals surface area contributed by atoms with Gasteiger partial charge in [-0.25, -0.2) is 9.07 Å². The number of pyridine rings is 1. The van der Waals surface area contributed by atoms with Crippen molar-refractivity contribution in [1.29, 1.82) is 0 Å². The van der Waals surface area contributed by atoms with Gasteiger partial charge in [-0.05, 0) is 55.0 Å².